The number of hydrogen-bond donors (Lipinski definition) is 3. The van der Waals surface area contributed by atoms with Gasteiger partial charge in [0.2, 0.25) is 0 Å². The number of anilines is 1. The van der Waals surface area contributed by atoms with E-state index >= 15 is 0 Å². The van der Waals surface area contributed by atoms with E-state index in [0.29, 0.717) is 13.1 Å². The van der Waals surface area contributed by atoms with Crippen molar-refractivity contribution in [3.05, 3.63) is 35.5 Å². The SMILES string of the molecule is N=CC(NC(=O)c1nc(-c2cc(F)ccc2F)sc1N)C(=NCC(F)F)N1CCCCCC1. The second kappa shape index (κ2) is 11.2. The Morgan fingerprint density at radius 3 is 2.61 bits per heavy atom. The fourth-order valence-electron chi connectivity index (χ4n) is 3.52. The third-order valence-electron chi connectivity index (χ3n) is 5.08. The largest absolute Gasteiger partial charge is 0.389 e. The standard InChI is InChI=1S/C21H24F4N6OS/c22-12-5-6-14(23)13(9-12)21-30-17(18(27)33-21)20(32)29-15(10-26)19(28-11-16(24)25)31-7-3-1-2-4-8-31/h5-6,9-10,15-16,26H,1-4,7-8,11,27H2,(H,29,32). The zero-order valence-electron chi connectivity index (χ0n) is 17.7. The van der Waals surface area contributed by atoms with Crippen molar-refractivity contribution in [2.75, 3.05) is 25.4 Å². The Bertz CT molecular complexity index is 1020. The van der Waals surface area contributed by atoms with E-state index in [4.69, 9.17) is 11.1 Å². The van der Waals surface area contributed by atoms with E-state index in [1.165, 1.54) is 0 Å². The smallest absolute Gasteiger partial charge is 0.273 e. The van der Waals surface area contributed by atoms with Crippen molar-refractivity contribution < 1.29 is 22.4 Å². The van der Waals surface area contributed by atoms with Crippen LogP contribution in [-0.4, -0.2) is 59.9 Å². The molecule has 0 aliphatic carbocycles. The minimum atomic E-state index is -2.67. The molecule has 33 heavy (non-hydrogen) atoms. The van der Waals surface area contributed by atoms with E-state index in [1.54, 1.807) is 0 Å². The lowest BCUT2D eigenvalue weighted by Crippen LogP contribution is -2.50. The lowest BCUT2D eigenvalue weighted by atomic mass is 10.2. The minimum absolute atomic E-state index is 0.0140. The first kappa shape index (κ1) is 24.6. The third-order valence-corrected chi connectivity index (χ3v) is 6.00. The Labute approximate surface area is 192 Å². The Morgan fingerprint density at radius 1 is 1.27 bits per heavy atom. The van der Waals surface area contributed by atoms with Crippen LogP contribution in [0.5, 0.6) is 0 Å². The van der Waals surface area contributed by atoms with Gasteiger partial charge in [-0.1, -0.05) is 24.2 Å². The van der Waals surface area contributed by atoms with Crippen LogP contribution in [0.3, 0.4) is 0 Å². The number of alkyl halides is 2. The highest BCUT2D eigenvalue weighted by Crippen LogP contribution is 2.32. The zero-order valence-corrected chi connectivity index (χ0v) is 18.5. The first-order valence-corrected chi connectivity index (χ1v) is 11.2. The van der Waals surface area contributed by atoms with Gasteiger partial charge in [0.15, 0.2) is 5.69 Å². The van der Waals surface area contributed by atoms with Gasteiger partial charge in [-0.25, -0.2) is 22.5 Å². The molecule has 7 nitrogen and oxygen atoms in total. The van der Waals surface area contributed by atoms with Crippen LogP contribution >= 0.6 is 11.3 Å². The maximum Gasteiger partial charge on any atom is 0.273 e. The van der Waals surface area contributed by atoms with Crippen LogP contribution < -0.4 is 11.1 Å². The van der Waals surface area contributed by atoms with Crippen molar-refractivity contribution in [3.63, 3.8) is 0 Å². The molecule has 0 bridgehead atoms. The molecule has 1 atom stereocenters. The number of nitrogens with zero attached hydrogens (tertiary/aromatic N) is 3. The first-order valence-electron chi connectivity index (χ1n) is 10.4. The number of aliphatic imine (C=N–C) groups is 1. The molecule has 1 aliphatic rings. The average Bonchev–Trinajstić information content (AvgIpc) is 2.97. The molecule has 2 aromatic rings. The van der Waals surface area contributed by atoms with Gasteiger partial charge in [-0.15, -0.1) is 0 Å². The summed E-state index contributed by atoms with van der Waals surface area (Å²) < 4.78 is 53.4. The summed E-state index contributed by atoms with van der Waals surface area (Å²) in [5.74, 6) is -2.00. The summed E-state index contributed by atoms with van der Waals surface area (Å²) in [6.45, 7) is 0.391. The predicted molar refractivity (Wildman–Crippen MR) is 120 cm³/mol. The van der Waals surface area contributed by atoms with Crippen LogP contribution in [0.25, 0.3) is 10.6 Å². The van der Waals surface area contributed by atoms with Crippen LogP contribution in [-0.2, 0) is 0 Å². The average molecular weight is 485 g/mol. The van der Waals surface area contributed by atoms with Crippen LogP contribution in [0, 0.1) is 17.0 Å². The fourth-order valence-corrected chi connectivity index (χ4v) is 4.37. The Hall–Kier alpha value is -3.02. The van der Waals surface area contributed by atoms with Crippen molar-refractivity contribution in [3.8, 4) is 10.6 Å². The number of thiazole rings is 1. The molecule has 1 aliphatic heterocycles. The van der Waals surface area contributed by atoms with E-state index in [-0.39, 0.29) is 27.1 Å². The van der Waals surface area contributed by atoms with E-state index in [1.807, 2.05) is 4.90 Å². The molecular weight excluding hydrogens is 460 g/mol. The fraction of sp³-hybridized carbons (Fsp3) is 0.429. The highest BCUT2D eigenvalue weighted by Gasteiger charge is 2.26. The second-order valence-corrected chi connectivity index (χ2v) is 8.50. The number of carbonyl (C=O) groups excluding carboxylic acids is 1. The lowest BCUT2D eigenvalue weighted by molar-refractivity contribution is 0.0949. The van der Waals surface area contributed by atoms with Gasteiger partial charge in [0.25, 0.3) is 12.3 Å². The summed E-state index contributed by atoms with van der Waals surface area (Å²) in [7, 11) is 0. The Balaban J connectivity index is 1.85. The molecule has 1 unspecified atom stereocenters. The van der Waals surface area contributed by atoms with Gasteiger partial charge in [0, 0.05) is 24.9 Å². The molecule has 3 rings (SSSR count). The number of aromatic nitrogens is 1. The zero-order chi connectivity index (χ0) is 24.0. The van der Waals surface area contributed by atoms with Crippen LogP contribution in [0.15, 0.2) is 23.2 Å². The summed E-state index contributed by atoms with van der Waals surface area (Å²) in [6, 6.07) is 1.77. The maximum absolute atomic E-state index is 14.1. The number of nitrogens with two attached hydrogens (primary N) is 1. The van der Waals surface area contributed by atoms with E-state index in [0.717, 1.165) is 61.4 Å². The number of carbonyl (C=O) groups is 1. The summed E-state index contributed by atoms with van der Waals surface area (Å²) in [5, 5.41) is 10.3. The molecule has 12 heteroatoms. The number of amides is 1. The molecule has 178 valence electrons. The molecule has 1 aromatic carbocycles. The number of hydrogen-bond acceptors (Lipinski definition) is 6. The predicted octanol–water partition coefficient (Wildman–Crippen LogP) is 3.96. The molecular formula is C21H24F4N6OS. The van der Waals surface area contributed by atoms with Crippen LogP contribution in [0.4, 0.5) is 22.6 Å². The highest BCUT2D eigenvalue weighted by molar-refractivity contribution is 7.19. The second-order valence-electron chi connectivity index (χ2n) is 7.47. The minimum Gasteiger partial charge on any atom is -0.389 e. The Kier molecular flexibility index (Phi) is 8.37. The van der Waals surface area contributed by atoms with Gasteiger partial charge >= 0.3 is 0 Å². The van der Waals surface area contributed by atoms with Crippen molar-refractivity contribution in [1.29, 1.82) is 5.41 Å². The molecule has 0 spiro atoms. The molecule has 4 N–H and O–H groups in total. The molecule has 1 fully saturated rings. The molecule has 1 saturated heterocycles. The van der Waals surface area contributed by atoms with Crippen molar-refractivity contribution >= 4 is 34.3 Å². The van der Waals surface area contributed by atoms with Gasteiger partial charge in [-0.3, -0.25) is 9.79 Å². The molecule has 0 radical (unpaired) electrons. The van der Waals surface area contributed by atoms with Crippen molar-refractivity contribution in [2.45, 2.75) is 38.2 Å². The lowest BCUT2D eigenvalue weighted by Gasteiger charge is -2.29. The van der Waals surface area contributed by atoms with Gasteiger partial charge < -0.3 is 21.4 Å². The molecule has 1 amide bonds. The maximum atomic E-state index is 14.1. The number of nitrogens with one attached hydrogen (secondary N) is 2. The number of likely N-dealkylation sites (tertiary alicyclic amines) is 1. The third kappa shape index (κ3) is 6.28. The van der Waals surface area contributed by atoms with E-state index < -0.39 is 36.6 Å². The molecule has 0 saturated carbocycles. The molecule has 2 heterocycles. The van der Waals surface area contributed by atoms with Crippen molar-refractivity contribution in [1.82, 2.24) is 15.2 Å². The molecule has 1 aromatic heterocycles. The summed E-state index contributed by atoms with van der Waals surface area (Å²) >= 11 is 0.809. The highest BCUT2D eigenvalue weighted by atomic mass is 32.1. The first-order chi connectivity index (χ1) is 15.8. The summed E-state index contributed by atoms with van der Waals surface area (Å²) in [5.41, 5.74) is 5.54. The number of benzene rings is 1. The number of rotatable bonds is 7. The normalized spacial score (nSPS) is 15.9. The topological polar surface area (TPSA) is 107 Å². The Morgan fingerprint density at radius 2 is 1.97 bits per heavy atom. The summed E-state index contributed by atoms with van der Waals surface area (Å²) in [4.78, 5) is 22.7. The van der Waals surface area contributed by atoms with Gasteiger partial charge in [0.1, 0.15) is 40.1 Å². The monoisotopic (exact) mass is 484 g/mol. The number of halogens is 4. The van der Waals surface area contributed by atoms with Gasteiger partial charge in [-0.05, 0) is 31.0 Å². The van der Waals surface area contributed by atoms with Gasteiger partial charge in [0.05, 0.1) is 0 Å². The van der Waals surface area contributed by atoms with Gasteiger partial charge in [-0.2, -0.15) is 0 Å². The van der Waals surface area contributed by atoms with Crippen LogP contribution in [0.2, 0.25) is 0 Å². The summed E-state index contributed by atoms with van der Waals surface area (Å²) in [6.07, 6.45) is 1.90. The number of nitrogen functional groups attached to an aromatic ring is 1. The number of amidine groups is 1. The quantitative estimate of drug-likeness (QED) is 0.314. The van der Waals surface area contributed by atoms with E-state index in [2.05, 4.69) is 15.3 Å². The van der Waals surface area contributed by atoms with Crippen LogP contribution in [0.1, 0.15) is 36.2 Å². The van der Waals surface area contributed by atoms with Crippen molar-refractivity contribution in [2.24, 2.45) is 4.99 Å². The van der Waals surface area contributed by atoms with E-state index in [9.17, 15) is 22.4 Å².